The summed E-state index contributed by atoms with van der Waals surface area (Å²) in [5.41, 5.74) is -0.258. The third-order valence-corrected chi connectivity index (χ3v) is 6.78. The molecule has 1 aliphatic rings. The van der Waals surface area contributed by atoms with E-state index in [2.05, 4.69) is 0 Å². The van der Waals surface area contributed by atoms with E-state index >= 15 is 0 Å². The minimum atomic E-state index is -4.24. The van der Waals surface area contributed by atoms with E-state index in [1.165, 1.54) is 37.4 Å². The topological polar surface area (TPSA) is 156 Å². The van der Waals surface area contributed by atoms with Crippen molar-refractivity contribution < 1.29 is 28.1 Å². The molecular formula is C18H20N4O8S. The number of rotatable bonds is 6. The van der Waals surface area contributed by atoms with Gasteiger partial charge in [-0.2, -0.15) is 4.31 Å². The Hall–Kier alpha value is -3.29. The molecule has 1 N–H and O–H groups in total. The Morgan fingerprint density at radius 3 is 2.35 bits per heavy atom. The molecule has 0 saturated carbocycles. The lowest BCUT2D eigenvalue weighted by atomic mass is 10.2. The Morgan fingerprint density at radius 1 is 1.03 bits per heavy atom. The molecule has 2 aromatic carbocycles. The maximum Gasteiger partial charge on any atom is 0.311 e. The number of nitrogens with zero attached hydrogens (tertiary/aromatic N) is 4. The first-order valence-electron chi connectivity index (χ1n) is 9.14. The zero-order valence-electron chi connectivity index (χ0n) is 16.4. The fourth-order valence-electron chi connectivity index (χ4n) is 3.39. The second-order valence-corrected chi connectivity index (χ2v) is 8.71. The molecule has 1 atom stereocenters. The molecule has 2 aromatic rings. The molecule has 166 valence electrons. The number of β-amino-alcohol motifs (C(OH)–C–C–N with tert-alkyl or cyclic N) is 1. The molecular weight excluding hydrogens is 432 g/mol. The molecule has 0 radical (unpaired) electrons. The highest BCUT2D eigenvalue weighted by molar-refractivity contribution is 7.89. The third kappa shape index (κ3) is 4.57. The van der Waals surface area contributed by atoms with Crippen molar-refractivity contribution in [3.8, 4) is 5.75 Å². The van der Waals surface area contributed by atoms with Crippen LogP contribution in [0.4, 0.5) is 17.1 Å². The standard InChI is InChI=1S/C18H20N4O8S/c1-30-17-10-13(6-7-15(17)21(24)25)19-8-9-20(12-14(23)11-19)31(28,29)18-5-3-2-4-16(18)22(26)27/h2-7,10,14,23H,8-9,11-12H2,1H3. The van der Waals surface area contributed by atoms with Crippen LogP contribution in [0.1, 0.15) is 0 Å². The lowest BCUT2D eigenvalue weighted by Gasteiger charge is -2.24. The van der Waals surface area contributed by atoms with Crippen LogP contribution < -0.4 is 9.64 Å². The van der Waals surface area contributed by atoms with Crippen LogP contribution in [0.5, 0.6) is 5.75 Å². The zero-order valence-corrected chi connectivity index (χ0v) is 17.3. The summed E-state index contributed by atoms with van der Waals surface area (Å²) in [6.07, 6.45) is -1.10. The number of sulfonamides is 1. The van der Waals surface area contributed by atoms with Crippen molar-refractivity contribution in [1.82, 2.24) is 4.31 Å². The van der Waals surface area contributed by atoms with Gasteiger partial charge >= 0.3 is 5.69 Å². The molecule has 0 spiro atoms. The molecule has 13 heteroatoms. The van der Waals surface area contributed by atoms with Gasteiger partial charge in [0.2, 0.25) is 10.0 Å². The summed E-state index contributed by atoms with van der Waals surface area (Å²) in [5, 5.41) is 32.8. The SMILES string of the molecule is COc1cc(N2CCN(S(=O)(=O)c3ccccc3[N+](=O)[O-])CC(O)C2)ccc1[N+](=O)[O-]. The predicted molar refractivity (Wildman–Crippen MR) is 110 cm³/mol. The molecule has 3 rings (SSSR count). The molecule has 0 aromatic heterocycles. The van der Waals surface area contributed by atoms with Gasteiger partial charge in [0.1, 0.15) is 0 Å². The summed E-state index contributed by atoms with van der Waals surface area (Å²) in [7, 11) is -2.94. The molecule has 1 aliphatic heterocycles. The van der Waals surface area contributed by atoms with Gasteiger partial charge in [-0.3, -0.25) is 20.2 Å². The number of nitro benzene ring substituents is 2. The van der Waals surface area contributed by atoms with Crippen molar-refractivity contribution in [3.05, 3.63) is 62.7 Å². The number of aliphatic hydroxyl groups excluding tert-OH is 1. The van der Waals surface area contributed by atoms with Gasteiger partial charge < -0.3 is 14.7 Å². The fourth-order valence-corrected chi connectivity index (χ4v) is 5.02. The van der Waals surface area contributed by atoms with E-state index in [9.17, 15) is 33.8 Å². The van der Waals surface area contributed by atoms with E-state index in [4.69, 9.17) is 4.74 Å². The predicted octanol–water partition coefficient (Wildman–Crippen LogP) is 1.38. The molecule has 0 bridgehead atoms. The summed E-state index contributed by atoms with van der Waals surface area (Å²) < 4.78 is 32.2. The highest BCUT2D eigenvalue weighted by Gasteiger charge is 2.35. The second kappa shape index (κ2) is 8.83. The van der Waals surface area contributed by atoms with Crippen LogP contribution in [-0.2, 0) is 10.0 Å². The smallest absolute Gasteiger partial charge is 0.311 e. The van der Waals surface area contributed by atoms with Crippen molar-refractivity contribution >= 4 is 27.1 Å². The van der Waals surface area contributed by atoms with Gasteiger partial charge in [-0.1, -0.05) is 12.1 Å². The summed E-state index contributed by atoms with van der Waals surface area (Å²) in [6, 6.07) is 9.23. The Morgan fingerprint density at radius 2 is 1.71 bits per heavy atom. The number of benzene rings is 2. The van der Waals surface area contributed by atoms with Gasteiger partial charge in [0.15, 0.2) is 10.6 Å². The Balaban J connectivity index is 1.89. The number of hydrogen-bond acceptors (Lipinski definition) is 9. The zero-order chi connectivity index (χ0) is 22.8. The quantitative estimate of drug-likeness (QED) is 0.505. The van der Waals surface area contributed by atoms with Crippen LogP contribution in [0.3, 0.4) is 0 Å². The molecule has 1 fully saturated rings. The summed E-state index contributed by atoms with van der Waals surface area (Å²) in [6.45, 7) is -0.0957. The molecule has 1 heterocycles. The normalized spacial score (nSPS) is 17.7. The van der Waals surface area contributed by atoms with Crippen molar-refractivity contribution in [2.75, 3.05) is 38.2 Å². The van der Waals surface area contributed by atoms with Crippen LogP contribution >= 0.6 is 0 Å². The molecule has 0 aliphatic carbocycles. The third-order valence-electron chi connectivity index (χ3n) is 4.87. The first-order chi connectivity index (χ1) is 14.6. The Bertz CT molecular complexity index is 1110. The van der Waals surface area contributed by atoms with Gasteiger partial charge in [0.05, 0.1) is 23.1 Å². The number of methoxy groups -OCH3 is 1. The van der Waals surface area contributed by atoms with Crippen LogP contribution in [0.25, 0.3) is 0 Å². The second-order valence-electron chi connectivity index (χ2n) is 6.80. The van der Waals surface area contributed by atoms with Gasteiger partial charge in [0.25, 0.3) is 5.69 Å². The average molecular weight is 452 g/mol. The largest absolute Gasteiger partial charge is 0.490 e. The van der Waals surface area contributed by atoms with Crippen molar-refractivity contribution in [1.29, 1.82) is 0 Å². The Kier molecular flexibility index (Phi) is 6.38. The minimum absolute atomic E-state index is 0.0330. The highest BCUT2D eigenvalue weighted by atomic mass is 32.2. The van der Waals surface area contributed by atoms with E-state index in [1.807, 2.05) is 0 Å². The maximum absolute atomic E-state index is 13.1. The van der Waals surface area contributed by atoms with E-state index in [0.717, 1.165) is 16.4 Å². The number of hydrogen-bond donors (Lipinski definition) is 1. The van der Waals surface area contributed by atoms with Gasteiger partial charge in [-0.15, -0.1) is 0 Å². The van der Waals surface area contributed by atoms with E-state index in [1.54, 1.807) is 4.90 Å². The van der Waals surface area contributed by atoms with E-state index in [0.29, 0.717) is 5.69 Å². The van der Waals surface area contributed by atoms with Crippen LogP contribution in [-0.4, -0.2) is 67.1 Å². The summed E-state index contributed by atoms with van der Waals surface area (Å²) in [4.78, 5) is 22.2. The van der Waals surface area contributed by atoms with Crippen LogP contribution in [0.2, 0.25) is 0 Å². The monoisotopic (exact) mass is 452 g/mol. The summed E-state index contributed by atoms with van der Waals surface area (Å²) in [5.74, 6) is 0.0330. The fraction of sp³-hybridized carbons (Fsp3) is 0.333. The van der Waals surface area contributed by atoms with E-state index < -0.39 is 36.6 Å². The maximum atomic E-state index is 13.1. The van der Waals surface area contributed by atoms with E-state index in [-0.39, 0.29) is 37.6 Å². The molecule has 12 nitrogen and oxygen atoms in total. The van der Waals surface area contributed by atoms with Gasteiger partial charge in [-0.25, -0.2) is 8.42 Å². The first kappa shape index (κ1) is 22.4. The molecule has 0 amide bonds. The van der Waals surface area contributed by atoms with Crippen molar-refractivity contribution in [3.63, 3.8) is 0 Å². The molecule has 31 heavy (non-hydrogen) atoms. The number of nitro groups is 2. The average Bonchev–Trinajstić information content (AvgIpc) is 2.95. The lowest BCUT2D eigenvalue weighted by molar-refractivity contribution is -0.387. The number of anilines is 1. The first-order valence-corrected chi connectivity index (χ1v) is 10.6. The lowest BCUT2D eigenvalue weighted by Crippen LogP contribution is -2.37. The van der Waals surface area contributed by atoms with Gasteiger partial charge in [-0.05, 0) is 12.1 Å². The summed E-state index contributed by atoms with van der Waals surface area (Å²) >= 11 is 0. The van der Waals surface area contributed by atoms with Crippen molar-refractivity contribution in [2.45, 2.75) is 11.0 Å². The Labute approximate surface area is 177 Å². The minimum Gasteiger partial charge on any atom is -0.490 e. The number of ether oxygens (including phenoxy) is 1. The number of para-hydroxylation sites is 1. The van der Waals surface area contributed by atoms with Crippen LogP contribution in [0, 0.1) is 20.2 Å². The number of aliphatic hydroxyl groups is 1. The highest BCUT2D eigenvalue weighted by Crippen LogP contribution is 2.32. The van der Waals surface area contributed by atoms with Gasteiger partial charge in [0, 0.05) is 50.1 Å². The van der Waals surface area contributed by atoms with Crippen molar-refractivity contribution in [2.24, 2.45) is 0 Å². The molecule has 1 saturated heterocycles. The molecule has 1 unspecified atom stereocenters. The van der Waals surface area contributed by atoms with Crippen LogP contribution in [0.15, 0.2) is 47.4 Å².